The summed E-state index contributed by atoms with van der Waals surface area (Å²) in [7, 11) is 3.62. The average Bonchev–Trinajstić information content (AvgIpc) is 2.97. The maximum Gasteiger partial charge on any atom is 0.216 e. The fourth-order valence-electron chi connectivity index (χ4n) is 2.46. The molecule has 19 heavy (non-hydrogen) atoms. The molecule has 0 amide bonds. The lowest BCUT2D eigenvalue weighted by Gasteiger charge is -2.18. The molecule has 1 aliphatic heterocycles. The molecule has 0 aliphatic carbocycles. The number of rotatable bonds is 7. The van der Waals surface area contributed by atoms with Gasteiger partial charge in [-0.1, -0.05) is 0 Å². The van der Waals surface area contributed by atoms with Crippen molar-refractivity contribution in [1.82, 2.24) is 15.3 Å². The highest BCUT2D eigenvalue weighted by Crippen LogP contribution is 2.19. The summed E-state index contributed by atoms with van der Waals surface area (Å²) < 4.78 is 10.8. The summed E-state index contributed by atoms with van der Waals surface area (Å²) in [5.41, 5.74) is 1.01. The molecule has 106 valence electrons. The van der Waals surface area contributed by atoms with Gasteiger partial charge in [-0.05, 0) is 32.7 Å². The largest absolute Gasteiger partial charge is 0.481 e. The molecule has 0 bridgehead atoms. The van der Waals surface area contributed by atoms with Gasteiger partial charge in [0.2, 0.25) is 5.88 Å². The van der Waals surface area contributed by atoms with E-state index in [1.807, 2.05) is 13.1 Å². The van der Waals surface area contributed by atoms with Crippen LogP contribution >= 0.6 is 0 Å². The lowest BCUT2D eigenvalue weighted by molar-refractivity contribution is 0.0998. The molecule has 2 heterocycles. The van der Waals surface area contributed by atoms with Crippen molar-refractivity contribution in [3.63, 3.8) is 0 Å². The second-order valence-electron chi connectivity index (χ2n) is 4.95. The maximum absolute atomic E-state index is 5.66. The Balaban J connectivity index is 1.83. The first-order valence-corrected chi connectivity index (χ1v) is 6.95. The van der Waals surface area contributed by atoms with Crippen LogP contribution in [0, 0.1) is 0 Å². The van der Waals surface area contributed by atoms with Crippen LogP contribution in [0.15, 0.2) is 12.4 Å². The van der Waals surface area contributed by atoms with Crippen LogP contribution in [0.2, 0.25) is 0 Å². The summed E-state index contributed by atoms with van der Waals surface area (Å²) in [6, 6.07) is 2.32. The van der Waals surface area contributed by atoms with Crippen LogP contribution in [0.4, 0.5) is 0 Å². The fourth-order valence-corrected chi connectivity index (χ4v) is 2.46. The van der Waals surface area contributed by atoms with E-state index >= 15 is 0 Å². The molecule has 5 nitrogen and oxygen atoms in total. The average molecular weight is 265 g/mol. The molecule has 1 aromatic heterocycles. The Morgan fingerprint density at radius 1 is 1.53 bits per heavy atom. The summed E-state index contributed by atoms with van der Waals surface area (Å²) in [5, 5.41) is 3.36. The van der Waals surface area contributed by atoms with Crippen LogP contribution in [0.1, 0.15) is 31.4 Å². The van der Waals surface area contributed by atoms with Crippen LogP contribution in [0.25, 0.3) is 0 Å². The van der Waals surface area contributed by atoms with Gasteiger partial charge in [-0.3, -0.25) is 0 Å². The van der Waals surface area contributed by atoms with Gasteiger partial charge in [-0.15, -0.1) is 0 Å². The number of hydrogen-bond acceptors (Lipinski definition) is 5. The van der Waals surface area contributed by atoms with Crippen LogP contribution in [0.3, 0.4) is 0 Å². The Hall–Kier alpha value is -1.20. The van der Waals surface area contributed by atoms with Gasteiger partial charge in [-0.2, -0.15) is 0 Å². The summed E-state index contributed by atoms with van der Waals surface area (Å²) in [4.78, 5) is 8.32. The zero-order valence-corrected chi connectivity index (χ0v) is 11.8. The van der Waals surface area contributed by atoms with Crippen molar-refractivity contribution >= 4 is 0 Å². The number of methoxy groups -OCH3 is 1. The molecule has 5 heteroatoms. The van der Waals surface area contributed by atoms with Gasteiger partial charge in [0.1, 0.15) is 6.33 Å². The van der Waals surface area contributed by atoms with Gasteiger partial charge in [0.05, 0.1) is 13.2 Å². The predicted molar refractivity (Wildman–Crippen MR) is 73.3 cm³/mol. The van der Waals surface area contributed by atoms with E-state index in [4.69, 9.17) is 9.47 Å². The minimum Gasteiger partial charge on any atom is -0.481 e. The number of aromatic nitrogens is 2. The molecule has 0 spiro atoms. The normalized spacial score (nSPS) is 20.4. The first-order valence-electron chi connectivity index (χ1n) is 6.95. The summed E-state index contributed by atoms with van der Waals surface area (Å²) in [5.74, 6) is 0.624. The highest BCUT2D eigenvalue weighted by Gasteiger charge is 2.17. The highest BCUT2D eigenvalue weighted by molar-refractivity contribution is 5.14. The second-order valence-corrected chi connectivity index (χ2v) is 4.95. The fraction of sp³-hybridized carbons (Fsp3) is 0.714. The highest BCUT2D eigenvalue weighted by atomic mass is 16.5. The van der Waals surface area contributed by atoms with Crippen molar-refractivity contribution < 1.29 is 9.47 Å². The maximum atomic E-state index is 5.66. The standard InChI is InChI=1S/C14H23N3O2/c1-15-11(5-6-13-4-3-7-19-13)8-12-9-14(18-2)17-10-16-12/h9-11,13,15H,3-8H2,1-2H3. The Kier molecular flexibility index (Phi) is 5.54. The number of likely N-dealkylation sites (N-methyl/N-ethyl adjacent to an activating group) is 1. The van der Waals surface area contributed by atoms with Crippen molar-refractivity contribution in [2.45, 2.75) is 44.2 Å². The molecule has 1 N–H and O–H groups in total. The van der Waals surface area contributed by atoms with E-state index in [1.54, 1.807) is 13.4 Å². The SMILES string of the molecule is CNC(CCC1CCCO1)Cc1cc(OC)ncn1. The zero-order valence-electron chi connectivity index (χ0n) is 11.8. The number of ether oxygens (including phenoxy) is 2. The van der Waals surface area contributed by atoms with Crippen molar-refractivity contribution in [3.8, 4) is 5.88 Å². The van der Waals surface area contributed by atoms with Crippen LogP contribution in [-0.4, -0.2) is 42.9 Å². The van der Waals surface area contributed by atoms with Gasteiger partial charge in [0.25, 0.3) is 0 Å². The lowest BCUT2D eigenvalue weighted by atomic mass is 10.0. The molecule has 0 radical (unpaired) electrons. The van der Waals surface area contributed by atoms with E-state index in [9.17, 15) is 0 Å². The van der Waals surface area contributed by atoms with Crippen LogP contribution in [0.5, 0.6) is 5.88 Å². The minimum atomic E-state index is 0.420. The molecule has 1 aromatic rings. The molecular weight excluding hydrogens is 242 g/mol. The van der Waals surface area contributed by atoms with Crippen LogP contribution < -0.4 is 10.1 Å². The Bertz CT molecular complexity index is 381. The molecule has 0 aromatic carbocycles. The van der Waals surface area contributed by atoms with E-state index in [0.29, 0.717) is 18.0 Å². The topological polar surface area (TPSA) is 56.3 Å². The zero-order chi connectivity index (χ0) is 13.5. The molecule has 2 unspecified atom stereocenters. The van der Waals surface area contributed by atoms with Crippen molar-refractivity contribution in [3.05, 3.63) is 18.1 Å². The third-order valence-electron chi connectivity index (χ3n) is 3.63. The quantitative estimate of drug-likeness (QED) is 0.811. The molecular formula is C14H23N3O2. The first-order chi connectivity index (χ1) is 9.31. The third kappa shape index (κ3) is 4.44. The molecule has 1 saturated heterocycles. The van der Waals surface area contributed by atoms with Gasteiger partial charge < -0.3 is 14.8 Å². The number of nitrogens with zero attached hydrogens (tertiary/aromatic N) is 2. The lowest BCUT2D eigenvalue weighted by Crippen LogP contribution is -2.29. The summed E-state index contributed by atoms with van der Waals surface area (Å²) in [6.07, 6.45) is 7.54. The molecule has 2 rings (SSSR count). The summed E-state index contributed by atoms with van der Waals surface area (Å²) >= 11 is 0. The van der Waals surface area contributed by atoms with Gasteiger partial charge >= 0.3 is 0 Å². The Morgan fingerprint density at radius 3 is 3.11 bits per heavy atom. The van der Waals surface area contributed by atoms with Crippen LogP contribution in [-0.2, 0) is 11.2 Å². The smallest absolute Gasteiger partial charge is 0.216 e. The van der Waals surface area contributed by atoms with Crippen molar-refractivity contribution in [1.29, 1.82) is 0 Å². The van der Waals surface area contributed by atoms with Crippen molar-refractivity contribution in [2.24, 2.45) is 0 Å². The predicted octanol–water partition coefficient (Wildman–Crippen LogP) is 1.57. The van der Waals surface area contributed by atoms with E-state index in [1.165, 1.54) is 12.8 Å². The summed E-state index contributed by atoms with van der Waals surface area (Å²) in [6.45, 7) is 0.929. The molecule has 2 atom stereocenters. The second kappa shape index (κ2) is 7.40. The Morgan fingerprint density at radius 2 is 2.42 bits per heavy atom. The van der Waals surface area contributed by atoms with Crippen molar-refractivity contribution in [2.75, 3.05) is 20.8 Å². The number of nitrogens with one attached hydrogen (secondary N) is 1. The number of hydrogen-bond donors (Lipinski definition) is 1. The monoisotopic (exact) mass is 265 g/mol. The molecule has 0 saturated carbocycles. The van der Waals surface area contributed by atoms with E-state index in [2.05, 4.69) is 15.3 Å². The van der Waals surface area contributed by atoms with Gasteiger partial charge in [0.15, 0.2) is 0 Å². The van der Waals surface area contributed by atoms with E-state index in [-0.39, 0.29) is 0 Å². The minimum absolute atomic E-state index is 0.420. The molecule has 1 aliphatic rings. The van der Waals surface area contributed by atoms with Gasteiger partial charge in [-0.25, -0.2) is 9.97 Å². The van der Waals surface area contributed by atoms with E-state index in [0.717, 1.165) is 31.6 Å². The third-order valence-corrected chi connectivity index (χ3v) is 3.63. The first kappa shape index (κ1) is 14.2. The molecule has 1 fully saturated rings. The van der Waals surface area contributed by atoms with E-state index < -0.39 is 0 Å². The Labute approximate surface area is 114 Å². The van der Waals surface area contributed by atoms with Gasteiger partial charge in [0, 0.05) is 30.8 Å².